The minimum atomic E-state index is -0.848. The zero-order valence-electron chi connectivity index (χ0n) is 13.3. The lowest BCUT2D eigenvalue weighted by Crippen LogP contribution is -2.39. The average molecular weight is 308 g/mol. The third-order valence-corrected chi connectivity index (χ3v) is 4.59. The zero-order chi connectivity index (χ0) is 16.1. The van der Waals surface area contributed by atoms with Gasteiger partial charge in [-0.25, -0.2) is 8.78 Å². The van der Waals surface area contributed by atoms with Crippen LogP contribution in [0.15, 0.2) is 18.2 Å². The van der Waals surface area contributed by atoms with Crippen LogP contribution < -0.4 is 5.32 Å². The maximum atomic E-state index is 13.5. The molecule has 6 heteroatoms. The lowest BCUT2D eigenvalue weighted by molar-refractivity contribution is -0.0657. The Morgan fingerprint density at radius 3 is 2.64 bits per heavy atom. The molecular weight excluding hydrogens is 287 g/mol. The predicted octanol–water partition coefficient (Wildman–Crippen LogP) is 2.64. The Labute approximate surface area is 130 Å². The van der Waals surface area contributed by atoms with E-state index >= 15 is 0 Å². The number of likely N-dealkylation sites (N-methyl/N-ethyl adjacent to an activating group) is 1. The Morgan fingerprint density at radius 1 is 1.27 bits per heavy atom. The van der Waals surface area contributed by atoms with Crippen LogP contribution in [0.5, 0.6) is 0 Å². The normalized spacial score (nSPS) is 34.3. The van der Waals surface area contributed by atoms with E-state index in [4.69, 9.17) is 9.47 Å². The standard InChI is InChI=1S/C16H21BF2NO2/c1-8-12-14(22-16(2,3)17-12)15(21-8)13(20-4)9-5-6-10(18)11(19)7-9/h5-8,12-15,20H,1-4H3/t8-,12-,13+,14-,15+/m0/s1. The lowest BCUT2D eigenvalue weighted by Gasteiger charge is -2.30. The van der Waals surface area contributed by atoms with E-state index in [0.717, 1.165) is 6.07 Å². The van der Waals surface area contributed by atoms with E-state index in [-0.39, 0.29) is 35.7 Å². The summed E-state index contributed by atoms with van der Waals surface area (Å²) in [5.41, 5.74) is 0.366. The van der Waals surface area contributed by atoms with E-state index in [9.17, 15) is 8.78 Å². The molecular formula is C16H21BF2NO2. The van der Waals surface area contributed by atoms with Crippen LogP contribution >= 0.6 is 0 Å². The van der Waals surface area contributed by atoms with Crippen molar-refractivity contribution in [3.8, 4) is 0 Å². The third-order valence-electron chi connectivity index (χ3n) is 4.59. The van der Waals surface area contributed by atoms with Crippen molar-refractivity contribution in [3.63, 3.8) is 0 Å². The van der Waals surface area contributed by atoms with Gasteiger partial charge >= 0.3 is 0 Å². The van der Waals surface area contributed by atoms with Gasteiger partial charge in [0.1, 0.15) is 6.10 Å². The van der Waals surface area contributed by atoms with Crippen molar-refractivity contribution in [2.24, 2.45) is 0 Å². The monoisotopic (exact) mass is 308 g/mol. The minimum absolute atomic E-state index is 0.0397. The fraction of sp³-hybridized carbons (Fsp3) is 0.625. The lowest BCUT2D eigenvalue weighted by atomic mass is 9.53. The van der Waals surface area contributed by atoms with Crippen LogP contribution in [-0.4, -0.2) is 38.1 Å². The Kier molecular flexibility index (Phi) is 4.04. The first-order valence-corrected chi connectivity index (χ1v) is 7.64. The Bertz CT molecular complexity index is 569. The quantitative estimate of drug-likeness (QED) is 0.871. The van der Waals surface area contributed by atoms with Gasteiger partial charge in [0.2, 0.25) is 0 Å². The molecule has 5 atom stereocenters. The number of rotatable bonds is 3. The van der Waals surface area contributed by atoms with Crippen LogP contribution in [0.4, 0.5) is 8.78 Å². The Morgan fingerprint density at radius 2 is 2.00 bits per heavy atom. The molecule has 3 nitrogen and oxygen atoms in total. The van der Waals surface area contributed by atoms with Crippen molar-refractivity contribution in [2.75, 3.05) is 7.05 Å². The highest BCUT2D eigenvalue weighted by molar-refractivity contribution is 6.43. The van der Waals surface area contributed by atoms with E-state index in [2.05, 4.69) is 12.6 Å². The van der Waals surface area contributed by atoms with Gasteiger partial charge < -0.3 is 14.8 Å². The van der Waals surface area contributed by atoms with Gasteiger partial charge in [0.15, 0.2) is 18.9 Å². The van der Waals surface area contributed by atoms with Gasteiger partial charge in [-0.1, -0.05) is 6.07 Å². The molecule has 1 radical (unpaired) electrons. The van der Waals surface area contributed by atoms with Gasteiger partial charge in [-0.15, -0.1) is 0 Å². The van der Waals surface area contributed by atoms with Crippen molar-refractivity contribution >= 4 is 7.28 Å². The molecule has 1 aromatic rings. The molecule has 0 aliphatic carbocycles. The number of nitrogens with one attached hydrogen (secondary N) is 1. The summed E-state index contributed by atoms with van der Waals surface area (Å²) in [6.07, 6.45) is -0.290. The minimum Gasteiger partial charge on any atom is -0.379 e. The average Bonchev–Trinajstić information content (AvgIpc) is 2.91. The molecule has 0 aromatic heterocycles. The summed E-state index contributed by atoms with van der Waals surface area (Å²) in [5, 5.41) is 3.16. The summed E-state index contributed by atoms with van der Waals surface area (Å²) in [6.45, 7) is 6.08. The first-order chi connectivity index (χ1) is 10.3. The number of hydrogen-bond donors (Lipinski definition) is 1. The molecule has 1 aromatic carbocycles. The number of halogens is 2. The van der Waals surface area contributed by atoms with E-state index in [1.165, 1.54) is 6.07 Å². The molecule has 2 saturated heterocycles. The van der Waals surface area contributed by atoms with Gasteiger partial charge in [0.25, 0.3) is 0 Å². The molecule has 2 aliphatic rings. The van der Waals surface area contributed by atoms with Crippen molar-refractivity contribution in [1.82, 2.24) is 5.32 Å². The fourth-order valence-electron chi connectivity index (χ4n) is 3.63. The second-order valence-electron chi connectivity index (χ2n) is 6.68. The summed E-state index contributed by atoms with van der Waals surface area (Å²) >= 11 is 0. The fourth-order valence-corrected chi connectivity index (χ4v) is 3.63. The van der Waals surface area contributed by atoms with E-state index in [1.54, 1.807) is 13.1 Å². The number of ether oxygens (including phenoxy) is 2. The first kappa shape index (κ1) is 15.9. The van der Waals surface area contributed by atoms with Crippen molar-refractivity contribution in [2.45, 2.75) is 56.4 Å². The van der Waals surface area contributed by atoms with Crippen LogP contribution in [0.1, 0.15) is 32.4 Å². The van der Waals surface area contributed by atoms with Gasteiger partial charge in [0, 0.05) is 5.50 Å². The van der Waals surface area contributed by atoms with Crippen molar-refractivity contribution < 1.29 is 18.3 Å². The highest BCUT2D eigenvalue weighted by Crippen LogP contribution is 2.46. The van der Waals surface area contributed by atoms with Crippen LogP contribution in [0.3, 0.4) is 0 Å². The molecule has 2 fully saturated rings. The second kappa shape index (κ2) is 5.58. The van der Waals surface area contributed by atoms with E-state index in [0.29, 0.717) is 5.56 Å². The van der Waals surface area contributed by atoms with Crippen LogP contribution in [0, 0.1) is 11.6 Å². The van der Waals surface area contributed by atoms with Crippen LogP contribution in [-0.2, 0) is 9.47 Å². The van der Waals surface area contributed by atoms with E-state index in [1.807, 2.05) is 20.8 Å². The summed E-state index contributed by atoms with van der Waals surface area (Å²) in [4.78, 5) is 0. The molecule has 0 unspecified atom stereocenters. The van der Waals surface area contributed by atoms with Gasteiger partial charge in [-0.2, -0.15) is 0 Å². The van der Waals surface area contributed by atoms with Gasteiger partial charge in [0.05, 0.1) is 18.2 Å². The smallest absolute Gasteiger partial charge is 0.163 e. The largest absolute Gasteiger partial charge is 0.379 e. The molecule has 119 valence electrons. The maximum Gasteiger partial charge on any atom is 0.163 e. The third kappa shape index (κ3) is 2.68. The van der Waals surface area contributed by atoms with Crippen molar-refractivity contribution in [3.05, 3.63) is 35.4 Å². The molecule has 22 heavy (non-hydrogen) atoms. The second-order valence-corrected chi connectivity index (χ2v) is 6.68. The van der Waals surface area contributed by atoms with Crippen LogP contribution in [0.2, 0.25) is 5.82 Å². The molecule has 0 saturated carbocycles. The summed E-state index contributed by atoms with van der Waals surface area (Å²) in [7, 11) is 3.97. The van der Waals surface area contributed by atoms with Gasteiger partial charge in [-0.05, 0) is 51.3 Å². The summed E-state index contributed by atoms with van der Waals surface area (Å²) in [6, 6.07) is 3.71. The highest BCUT2D eigenvalue weighted by atomic mass is 19.2. The molecule has 2 heterocycles. The molecule has 0 amide bonds. The topological polar surface area (TPSA) is 30.5 Å². The highest BCUT2D eigenvalue weighted by Gasteiger charge is 2.54. The van der Waals surface area contributed by atoms with Gasteiger partial charge in [-0.3, -0.25) is 0 Å². The molecule has 3 rings (SSSR count). The number of benzene rings is 1. The molecule has 1 N–H and O–H groups in total. The van der Waals surface area contributed by atoms with Crippen LogP contribution in [0.25, 0.3) is 0 Å². The number of fused-ring (bicyclic) bond motifs is 1. The molecule has 0 spiro atoms. The summed E-state index contributed by atoms with van der Waals surface area (Å²) in [5.74, 6) is -1.48. The zero-order valence-corrected chi connectivity index (χ0v) is 13.3. The molecule has 2 aliphatic heterocycles. The predicted molar refractivity (Wildman–Crippen MR) is 80.9 cm³/mol. The Balaban J connectivity index is 1.89. The Hall–Kier alpha value is -0.975. The molecule has 0 bridgehead atoms. The maximum absolute atomic E-state index is 13.5. The first-order valence-electron chi connectivity index (χ1n) is 7.64. The summed E-state index contributed by atoms with van der Waals surface area (Å²) < 4.78 is 38.9. The SMILES string of the molecule is CN[C@H](c1ccc(F)c(F)c1)[C@H]1O[C@@H](C)[C@@H]2[B]C(C)(C)O[C@@H]21. The van der Waals surface area contributed by atoms with E-state index < -0.39 is 11.6 Å². The van der Waals surface area contributed by atoms with Crippen molar-refractivity contribution in [1.29, 1.82) is 0 Å². The number of hydrogen-bond acceptors (Lipinski definition) is 3.